The zero-order chi connectivity index (χ0) is 18.2. The molecule has 0 spiro atoms. The lowest BCUT2D eigenvalue weighted by molar-refractivity contribution is -0.126. The van der Waals surface area contributed by atoms with E-state index in [2.05, 4.69) is 37.2 Å². The number of nitrogens with one attached hydrogen (secondary N) is 1. The molecule has 1 aromatic carbocycles. The molecule has 1 aliphatic heterocycles. The molecule has 25 heavy (non-hydrogen) atoms. The van der Waals surface area contributed by atoms with Gasteiger partial charge in [-0.05, 0) is 53.9 Å². The monoisotopic (exact) mass is 493 g/mol. The van der Waals surface area contributed by atoms with E-state index in [-0.39, 0.29) is 16.8 Å². The van der Waals surface area contributed by atoms with E-state index in [1.165, 1.54) is 4.31 Å². The summed E-state index contributed by atoms with van der Waals surface area (Å²) in [5, 5.41) is 3.01. The SMILES string of the molecule is C[C@@H](C(=O)NC1CC1)N1CCN(S(=O)(=O)c2cc(Br)ccc2Br)CC1. The highest BCUT2D eigenvalue weighted by Crippen LogP contribution is 2.29. The number of hydrogen-bond donors (Lipinski definition) is 1. The van der Waals surface area contributed by atoms with Crippen LogP contribution >= 0.6 is 31.9 Å². The van der Waals surface area contributed by atoms with E-state index in [0.29, 0.717) is 36.7 Å². The molecule has 1 amide bonds. The molecule has 6 nitrogen and oxygen atoms in total. The zero-order valence-electron chi connectivity index (χ0n) is 13.9. The Morgan fingerprint density at radius 2 is 1.84 bits per heavy atom. The summed E-state index contributed by atoms with van der Waals surface area (Å²) in [6.45, 7) is 3.73. The lowest BCUT2D eigenvalue weighted by Crippen LogP contribution is -2.55. The molecule has 0 aromatic heterocycles. The minimum atomic E-state index is -3.56. The van der Waals surface area contributed by atoms with Crippen LogP contribution in [0.1, 0.15) is 19.8 Å². The van der Waals surface area contributed by atoms with Crippen molar-refractivity contribution in [1.29, 1.82) is 0 Å². The van der Waals surface area contributed by atoms with Gasteiger partial charge in [-0.2, -0.15) is 4.31 Å². The number of nitrogens with zero attached hydrogens (tertiary/aromatic N) is 2. The van der Waals surface area contributed by atoms with Gasteiger partial charge in [0.1, 0.15) is 0 Å². The lowest BCUT2D eigenvalue weighted by Gasteiger charge is -2.36. The first-order chi connectivity index (χ1) is 11.8. The summed E-state index contributed by atoms with van der Waals surface area (Å²) in [4.78, 5) is 14.5. The Balaban J connectivity index is 1.64. The van der Waals surface area contributed by atoms with E-state index in [4.69, 9.17) is 0 Å². The molecule has 1 saturated carbocycles. The van der Waals surface area contributed by atoms with E-state index in [0.717, 1.165) is 17.3 Å². The van der Waals surface area contributed by atoms with E-state index in [9.17, 15) is 13.2 Å². The average molecular weight is 495 g/mol. The van der Waals surface area contributed by atoms with Crippen molar-refractivity contribution >= 4 is 47.8 Å². The Morgan fingerprint density at radius 3 is 2.44 bits per heavy atom. The van der Waals surface area contributed by atoms with Gasteiger partial charge in [0.25, 0.3) is 0 Å². The number of piperazine rings is 1. The van der Waals surface area contributed by atoms with Gasteiger partial charge in [-0.25, -0.2) is 8.42 Å². The highest BCUT2D eigenvalue weighted by molar-refractivity contribution is 9.11. The predicted octanol–water partition coefficient (Wildman–Crippen LogP) is 2.18. The minimum absolute atomic E-state index is 0.0357. The maximum absolute atomic E-state index is 12.9. The second-order valence-corrected chi connectivity index (χ2v) is 10.2. The van der Waals surface area contributed by atoms with Gasteiger partial charge < -0.3 is 5.32 Å². The molecule has 0 radical (unpaired) electrons. The largest absolute Gasteiger partial charge is 0.352 e. The molecule has 9 heteroatoms. The molecule has 0 bridgehead atoms. The van der Waals surface area contributed by atoms with Crippen LogP contribution in [0.4, 0.5) is 0 Å². The second kappa shape index (κ2) is 7.64. The van der Waals surface area contributed by atoms with Gasteiger partial charge in [0, 0.05) is 41.2 Å². The topological polar surface area (TPSA) is 69.7 Å². The first-order valence-electron chi connectivity index (χ1n) is 8.28. The van der Waals surface area contributed by atoms with Crippen LogP contribution in [-0.4, -0.2) is 61.8 Å². The number of hydrogen-bond acceptors (Lipinski definition) is 4. The zero-order valence-corrected chi connectivity index (χ0v) is 17.9. The van der Waals surface area contributed by atoms with Gasteiger partial charge in [-0.3, -0.25) is 9.69 Å². The summed E-state index contributed by atoms with van der Waals surface area (Å²) < 4.78 is 28.6. The molecule has 1 heterocycles. The quantitative estimate of drug-likeness (QED) is 0.681. The molecule has 1 N–H and O–H groups in total. The second-order valence-electron chi connectivity index (χ2n) is 6.47. The van der Waals surface area contributed by atoms with Crippen molar-refractivity contribution in [1.82, 2.24) is 14.5 Å². The molecule has 2 aliphatic rings. The van der Waals surface area contributed by atoms with E-state index >= 15 is 0 Å². The van der Waals surface area contributed by atoms with Crippen LogP contribution < -0.4 is 5.32 Å². The van der Waals surface area contributed by atoms with Gasteiger partial charge in [0.15, 0.2) is 0 Å². The molecular formula is C16H21Br2N3O3S. The Morgan fingerprint density at radius 1 is 1.20 bits per heavy atom. The third kappa shape index (κ3) is 4.44. The molecule has 138 valence electrons. The molecule has 1 aromatic rings. The Labute approximate surface area is 165 Å². The smallest absolute Gasteiger partial charge is 0.244 e. The number of rotatable bonds is 5. The first kappa shape index (κ1) is 19.3. The van der Waals surface area contributed by atoms with Crippen molar-refractivity contribution in [3.8, 4) is 0 Å². The van der Waals surface area contributed by atoms with Crippen molar-refractivity contribution < 1.29 is 13.2 Å². The van der Waals surface area contributed by atoms with Crippen LogP contribution in [0.25, 0.3) is 0 Å². The molecule has 1 atom stereocenters. The molecule has 1 aliphatic carbocycles. The van der Waals surface area contributed by atoms with Gasteiger partial charge in [-0.15, -0.1) is 0 Å². The van der Waals surface area contributed by atoms with Gasteiger partial charge in [0.05, 0.1) is 10.9 Å². The normalized spacial score (nSPS) is 21.1. The highest BCUT2D eigenvalue weighted by atomic mass is 79.9. The number of carbonyl (C=O) groups is 1. The third-order valence-corrected chi connectivity index (χ3v) is 8.02. The van der Waals surface area contributed by atoms with E-state index < -0.39 is 10.0 Å². The van der Waals surface area contributed by atoms with Crippen LogP contribution in [0, 0.1) is 0 Å². The summed E-state index contributed by atoms with van der Waals surface area (Å²) in [5.41, 5.74) is 0. The lowest BCUT2D eigenvalue weighted by atomic mass is 10.2. The number of halogens is 2. The predicted molar refractivity (Wildman–Crippen MR) is 103 cm³/mol. The number of amides is 1. The summed E-state index contributed by atoms with van der Waals surface area (Å²) in [5.74, 6) is 0.0357. The fourth-order valence-electron chi connectivity index (χ4n) is 2.86. The van der Waals surface area contributed by atoms with Crippen LogP contribution in [0.3, 0.4) is 0 Å². The van der Waals surface area contributed by atoms with Gasteiger partial charge >= 0.3 is 0 Å². The Kier molecular flexibility index (Phi) is 5.89. The van der Waals surface area contributed by atoms with Crippen LogP contribution in [0.2, 0.25) is 0 Å². The van der Waals surface area contributed by atoms with Crippen LogP contribution in [-0.2, 0) is 14.8 Å². The summed E-state index contributed by atoms with van der Waals surface area (Å²) >= 11 is 6.65. The molecule has 3 rings (SSSR count). The number of sulfonamides is 1. The van der Waals surface area contributed by atoms with Crippen LogP contribution in [0.15, 0.2) is 32.0 Å². The number of carbonyl (C=O) groups excluding carboxylic acids is 1. The summed E-state index contributed by atoms with van der Waals surface area (Å²) in [6.07, 6.45) is 2.12. The molecule has 1 saturated heterocycles. The molecular weight excluding hydrogens is 474 g/mol. The van der Waals surface area contributed by atoms with Gasteiger partial charge in [0.2, 0.25) is 15.9 Å². The molecule has 2 fully saturated rings. The Bertz CT molecular complexity index is 760. The average Bonchev–Trinajstić information content (AvgIpc) is 3.40. The number of benzene rings is 1. The highest BCUT2D eigenvalue weighted by Gasteiger charge is 2.34. The van der Waals surface area contributed by atoms with Crippen molar-refractivity contribution in [3.05, 3.63) is 27.1 Å². The maximum Gasteiger partial charge on any atom is 0.244 e. The van der Waals surface area contributed by atoms with Crippen molar-refractivity contribution in [2.24, 2.45) is 0 Å². The third-order valence-electron chi connectivity index (χ3n) is 4.64. The summed E-state index contributed by atoms with van der Waals surface area (Å²) in [6, 6.07) is 5.23. The first-order valence-corrected chi connectivity index (χ1v) is 11.3. The van der Waals surface area contributed by atoms with E-state index in [1.54, 1.807) is 18.2 Å². The fraction of sp³-hybridized carbons (Fsp3) is 0.562. The molecule has 0 unspecified atom stereocenters. The standard InChI is InChI=1S/C16H21Br2N3O3S/c1-11(16(22)19-13-3-4-13)20-6-8-21(9-7-20)25(23,24)15-10-12(17)2-5-14(15)18/h2,5,10-11,13H,3-4,6-9H2,1H3,(H,19,22)/t11-/m0/s1. The van der Waals surface area contributed by atoms with Gasteiger partial charge in [-0.1, -0.05) is 15.9 Å². The van der Waals surface area contributed by atoms with Crippen molar-refractivity contribution in [2.75, 3.05) is 26.2 Å². The van der Waals surface area contributed by atoms with Crippen molar-refractivity contribution in [3.63, 3.8) is 0 Å². The van der Waals surface area contributed by atoms with Crippen LogP contribution in [0.5, 0.6) is 0 Å². The summed E-state index contributed by atoms with van der Waals surface area (Å²) in [7, 11) is -3.56. The fourth-order valence-corrected chi connectivity index (χ4v) is 5.75. The van der Waals surface area contributed by atoms with E-state index in [1.807, 2.05) is 11.8 Å². The Hall–Kier alpha value is -0.480. The van der Waals surface area contributed by atoms with Crippen molar-refractivity contribution in [2.45, 2.75) is 36.7 Å². The maximum atomic E-state index is 12.9. The minimum Gasteiger partial charge on any atom is -0.352 e.